The molecular weight excluding hydrogens is 274 g/mol. The maximum absolute atomic E-state index is 11.6. The molecule has 16 heavy (non-hydrogen) atoms. The first kappa shape index (κ1) is 11.1. The molecule has 1 amide bonds. The molecule has 0 radical (unpaired) electrons. The van der Waals surface area contributed by atoms with Crippen LogP contribution in [0.5, 0.6) is 5.75 Å². The zero-order valence-corrected chi connectivity index (χ0v) is 10.1. The summed E-state index contributed by atoms with van der Waals surface area (Å²) in [5.74, 6) is 0.546. The molecule has 0 spiro atoms. The summed E-state index contributed by atoms with van der Waals surface area (Å²) < 4.78 is 5.98. The van der Waals surface area contributed by atoms with Crippen LogP contribution in [0.4, 0.5) is 4.79 Å². The Morgan fingerprint density at radius 1 is 1.44 bits per heavy atom. The Bertz CT molecular complexity index is 433. The van der Waals surface area contributed by atoms with Gasteiger partial charge in [0.2, 0.25) is 0 Å². The van der Waals surface area contributed by atoms with Gasteiger partial charge in [-0.3, -0.25) is 4.79 Å². The van der Waals surface area contributed by atoms with E-state index in [1.165, 1.54) is 4.90 Å². The number of benzene rings is 1. The topological polar surface area (TPSA) is 46.6 Å². The molecule has 0 bridgehead atoms. The van der Waals surface area contributed by atoms with Crippen LogP contribution in [0.2, 0.25) is 0 Å². The normalized spacial score (nSPS) is 15.3. The first-order valence-electron chi connectivity index (χ1n) is 4.89. The second-order valence-electron chi connectivity index (χ2n) is 3.54. The molecule has 4 nitrogen and oxygen atoms in total. The number of ether oxygens (including phenoxy) is 1. The molecular formula is C11H10BrNO3. The van der Waals surface area contributed by atoms with Crippen LogP contribution in [-0.4, -0.2) is 29.9 Å². The van der Waals surface area contributed by atoms with Crippen molar-refractivity contribution in [1.82, 2.24) is 4.90 Å². The standard InChI is InChI=1S/C11H10BrNO3/c12-8-2-1-3-10(6-8)16-11(15)13-5-4-9(14)7-13/h1-3,6H,4-5,7H2. The minimum absolute atomic E-state index is 0.0752. The smallest absolute Gasteiger partial charge is 0.410 e. The highest BCUT2D eigenvalue weighted by molar-refractivity contribution is 9.10. The Morgan fingerprint density at radius 2 is 2.25 bits per heavy atom. The third-order valence-electron chi connectivity index (χ3n) is 2.29. The number of hydrogen-bond acceptors (Lipinski definition) is 3. The Balaban J connectivity index is 1.99. The van der Waals surface area contributed by atoms with E-state index in [9.17, 15) is 9.59 Å². The molecule has 1 heterocycles. The van der Waals surface area contributed by atoms with Gasteiger partial charge in [0.05, 0.1) is 6.54 Å². The molecule has 0 unspecified atom stereocenters. The highest BCUT2D eigenvalue weighted by atomic mass is 79.9. The van der Waals surface area contributed by atoms with Gasteiger partial charge in [0.15, 0.2) is 5.78 Å². The lowest BCUT2D eigenvalue weighted by Gasteiger charge is -2.13. The second-order valence-corrected chi connectivity index (χ2v) is 4.45. The molecule has 1 saturated heterocycles. The van der Waals surface area contributed by atoms with Crippen molar-refractivity contribution in [3.8, 4) is 5.75 Å². The van der Waals surface area contributed by atoms with E-state index in [1.54, 1.807) is 18.2 Å². The number of halogens is 1. The summed E-state index contributed by atoms with van der Waals surface area (Å²) in [6.07, 6.45) is -0.0444. The van der Waals surface area contributed by atoms with Gasteiger partial charge in [-0.15, -0.1) is 0 Å². The van der Waals surface area contributed by atoms with Crippen LogP contribution in [0.3, 0.4) is 0 Å². The van der Waals surface area contributed by atoms with Crippen LogP contribution < -0.4 is 4.74 Å². The summed E-state index contributed by atoms with van der Waals surface area (Å²) in [5, 5.41) is 0. The van der Waals surface area contributed by atoms with E-state index >= 15 is 0 Å². The molecule has 2 rings (SSSR count). The van der Waals surface area contributed by atoms with E-state index in [1.807, 2.05) is 6.07 Å². The fraction of sp³-hybridized carbons (Fsp3) is 0.273. The number of rotatable bonds is 1. The van der Waals surface area contributed by atoms with Gasteiger partial charge in [-0.05, 0) is 18.2 Å². The van der Waals surface area contributed by atoms with Gasteiger partial charge in [0.25, 0.3) is 0 Å². The summed E-state index contributed by atoms with van der Waals surface area (Å²) in [5.41, 5.74) is 0. The predicted molar refractivity (Wildman–Crippen MR) is 61.4 cm³/mol. The minimum atomic E-state index is -0.469. The molecule has 1 aliphatic heterocycles. The maximum Gasteiger partial charge on any atom is 0.415 e. The first-order valence-corrected chi connectivity index (χ1v) is 5.68. The Labute approximate surface area is 101 Å². The van der Waals surface area contributed by atoms with E-state index in [4.69, 9.17) is 4.74 Å². The molecule has 0 saturated carbocycles. The van der Waals surface area contributed by atoms with Crippen molar-refractivity contribution >= 4 is 27.8 Å². The molecule has 1 aliphatic rings. The second kappa shape index (κ2) is 4.65. The van der Waals surface area contributed by atoms with Crippen molar-refractivity contribution in [1.29, 1.82) is 0 Å². The van der Waals surface area contributed by atoms with Crippen molar-refractivity contribution in [3.63, 3.8) is 0 Å². The number of nitrogens with zero attached hydrogens (tertiary/aromatic N) is 1. The summed E-state index contributed by atoms with van der Waals surface area (Å²) in [7, 11) is 0. The molecule has 1 fully saturated rings. The zero-order valence-electron chi connectivity index (χ0n) is 8.48. The zero-order chi connectivity index (χ0) is 11.5. The molecule has 0 aliphatic carbocycles. The lowest BCUT2D eigenvalue weighted by Crippen LogP contribution is -2.31. The molecule has 0 N–H and O–H groups in total. The lowest BCUT2D eigenvalue weighted by molar-refractivity contribution is -0.116. The molecule has 0 aromatic heterocycles. The number of likely N-dealkylation sites (tertiary alicyclic amines) is 1. The van der Waals surface area contributed by atoms with Crippen LogP contribution in [0.15, 0.2) is 28.7 Å². The Morgan fingerprint density at radius 3 is 2.88 bits per heavy atom. The SMILES string of the molecule is O=C1CCN(C(=O)Oc2cccc(Br)c2)C1. The van der Waals surface area contributed by atoms with E-state index in [0.717, 1.165) is 4.47 Å². The monoisotopic (exact) mass is 283 g/mol. The molecule has 1 aromatic carbocycles. The van der Waals surface area contributed by atoms with Gasteiger partial charge in [-0.2, -0.15) is 0 Å². The van der Waals surface area contributed by atoms with Crippen LogP contribution in [-0.2, 0) is 4.79 Å². The molecule has 5 heteroatoms. The van der Waals surface area contributed by atoms with Crippen molar-refractivity contribution < 1.29 is 14.3 Å². The number of carbonyl (C=O) groups excluding carboxylic acids is 2. The van der Waals surface area contributed by atoms with Gasteiger partial charge in [0.1, 0.15) is 5.75 Å². The van der Waals surface area contributed by atoms with Crippen LogP contribution >= 0.6 is 15.9 Å². The van der Waals surface area contributed by atoms with Gasteiger partial charge >= 0.3 is 6.09 Å². The Kier molecular flexibility index (Phi) is 3.24. The Hall–Kier alpha value is -1.36. The highest BCUT2D eigenvalue weighted by Gasteiger charge is 2.25. The summed E-state index contributed by atoms with van der Waals surface area (Å²) >= 11 is 3.29. The van der Waals surface area contributed by atoms with Crippen molar-refractivity contribution in [2.75, 3.05) is 13.1 Å². The minimum Gasteiger partial charge on any atom is -0.410 e. The number of Topliss-reactive ketones (excluding diaryl/α,β-unsaturated/α-hetero) is 1. The fourth-order valence-electron chi connectivity index (χ4n) is 1.48. The summed E-state index contributed by atoms with van der Waals surface area (Å²) in [6, 6.07) is 7.02. The maximum atomic E-state index is 11.6. The summed E-state index contributed by atoms with van der Waals surface area (Å²) in [4.78, 5) is 24.0. The largest absolute Gasteiger partial charge is 0.415 e. The molecule has 84 valence electrons. The lowest BCUT2D eigenvalue weighted by atomic mass is 10.3. The van der Waals surface area contributed by atoms with E-state index < -0.39 is 6.09 Å². The van der Waals surface area contributed by atoms with Crippen LogP contribution in [0.25, 0.3) is 0 Å². The van der Waals surface area contributed by atoms with Crippen molar-refractivity contribution in [2.24, 2.45) is 0 Å². The number of carbonyl (C=O) groups is 2. The van der Waals surface area contributed by atoms with Gasteiger partial charge < -0.3 is 9.64 Å². The molecule has 0 atom stereocenters. The van der Waals surface area contributed by atoms with Crippen LogP contribution in [0.1, 0.15) is 6.42 Å². The number of hydrogen-bond donors (Lipinski definition) is 0. The third kappa shape index (κ3) is 2.61. The highest BCUT2D eigenvalue weighted by Crippen LogP contribution is 2.19. The third-order valence-corrected chi connectivity index (χ3v) is 2.78. The fourth-order valence-corrected chi connectivity index (χ4v) is 1.86. The number of ketones is 1. The van der Waals surface area contributed by atoms with Gasteiger partial charge in [-0.25, -0.2) is 4.79 Å². The average molecular weight is 284 g/mol. The van der Waals surface area contributed by atoms with Crippen molar-refractivity contribution in [2.45, 2.75) is 6.42 Å². The average Bonchev–Trinajstić information content (AvgIpc) is 2.65. The van der Waals surface area contributed by atoms with E-state index in [0.29, 0.717) is 18.7 Å². The summed E-state index contributed by atoms with van der Waals surface area (Å²) in [6.45, 7) is 0.610. The van der Waals surface area contributed by atoms with E-state index in [2.05, 4.69) is 15.9 Å². The quantitative estimate of drug-likeness (QED) is 0.794. The first-order chi connectivity index (χ1) is 7.65. The van der Waals surface area contributed by atoms with Crippen molar-refractivity contribution in [3.05, 3.63) is 28.7 Å². The van der Waals surface area contributed by atoms with Gasteiger partial charge in [0, 0.05) is 17.4 Å². The predicted octanol–water partition coefficient (Wildman–Crippen LogP) is 2.22. The number of amides is 1. The van der Waals surface area contributed by atoms with Gasteiger partial charge in [-0.1, -0.05) is 22.0 Å². The van der Waals surface area contributed by atoms with Crippen LogP contribution in [0, 0.1) is 0 Å². The molecule has 1 aromatic rings. The van der Waals surface area contributed by atoms with E-state index in [-0.39, 0.29) is 12.3 Å².